The molecule has 15 heavy (non-hydrogen) atoms. The van der Waals surface area contributed by atoms with E-state index in [1.54, 1.807) is 16.9 Å². The Morgan fingerprint density at radius 3 is 3.13 bits per heavy atom. The van der Waals surface area contributed by atoms with Gasteiger partial charge in [0.25, 0.3) is 5.91 Å². The van der Waals surface area contributed by atoms with Crippen molar-refractivity contribution < 1.29 is 9.53 Å². The van der Waals surface area contributed by atoms with Gasteiger partial charge in [-0.05, 0) is 12.1 Å². The molecule has 5 heteroatoms. The Kier molecular flexibility index (Phi) is 2.29. The minimum atomic E-state index is -0.490. The fourth-order valence-corrected chi connectivity index (χ4v) is 1.43. The number of rotatable bonds is 3. The van der Waals surface area contributed by atoms with Crippen LogP contribution < -0.4 is 10.5 Å². The summed E-state index contributed by atoms with van der Waals surface area (Å²) in [7, 11) is 1.85. The van der Waals surface area contributed by atoms with Crippen molar-refractivity contribution in [3.8, 4) is 5.75 Å². The minimum absolute atomic E-state index is 0.117. The summed E-state index contributed by atoms with van der Waals surface area (Å²) >= 11 is 0. The second-order valence-corrected chi connectivity index (χ2v) is 3.21. The van der Waals surface area contributed by atoms with Crippen molar-refractivity contribution in [3.05, 3.63) is 24.4 Å². The van der Waals surface area contributed by atoms with E-state index in [0.29, 0.717) is 5.75 Å². The van der Waals surface area contributed by atoms with Crippen LogP contribution in [0.25, 0.3) is 10.9 Å². The zero-order valence-corrected chi connectivity index (χ0v) is 8.30. The van der Waals surface area contributed by atoms with Crippen LogP contribution in [0.2, 0.25) is 0 Å². The summed E-state index contributed by atoms with van der Waals surface area (Å²) in [5.41, 5.74) is 5.96. The van der Waals surface area contributed by atoms with Gasteiger partial charge in [-0.3, -0.25) is 9.48 Å². The number of nitrogens with zero attached hydrogens (tertiary/aromatic N) is 2. The molecule has 0 bridgehead atoms. The maximum Gasteiger partial charge on any atom is 0.255 e. The molecule has 2 rings (SSSR count). The van der Waals surface area contributed by atoms with Gasteiger partial charge in [0.15, 0.2) is 6.61 Å². The number of hydrogen-bond donors (Lipinski definition) is 1. The molecule has 2 N–H and O–H groups in total. The van der Waals surface area contributed by atoms with E-state index in [2.05, 4.69) is 5.10 Å². The third kappa shape index (κ3) is 1.76. The normalized spacial score (nSPS) is 10.5. The van der Waals surface area contributed by atoms with E-state index in [1.807, 2.05) is 19.2 Å². The Labute approximate surface area is 86.4 Å². The van der Waals surface area contributed by atoms with E-state index in [-0.39, 0.29) is 6.61 Å². The zero-order chi connectivity index (χ0) is 10.8. The van der Waals surface area contributed by atoms with E-state index >= 15 is 0 Å². The number of aryl methyl sites for hydroxylation is 1. The zero-order valence-electron chi connectivity index (χ0n) is 8.30. The lowest BCUT2D eigenvalue weighted by molar-refractivity contribution is -0.119. The van der Waals surface area contributed by atoms with E-state index in [1.165, 1.54) is 0 Å². The molecule has 1 heterocycles. The van der Waals surface area contributed by atoms with Crippen molar-refractivity contribution in [2.24, 2.45) is 12.8 Å². The van der Waals surface area contributed by atoms with E-state index < -0.39 is 5.91 Å². The third-order valence-corrected chi connectivity index (χ3v) is 2.12. The average molecular weight is 205 g/mol. The molecular formula is C10H11N3O2. The lowest BCUT2D eigenvalue weighted by Crippen LogP contribution is -2.20. The van der Waals surface area contributed by atoms with Crippen molar-refractivity contribution in [1.29, 1.82) is 0 Å². The first-order valence-electron chi connectivity index (χ1n) is 4.50. The van der Waals surface area contributed by atoms with Gasteiger partial charge in [-0.25, -0.2) is 0 Å². The second kappa shape index (κ2) is 3.61. The van der Waals surface area contributed by atoms with Crippen LogP contribution in [-0.2, 0) is 11.8 Å². The second-order valence-electron chi connectivity index (χ2n) is 3.21. The summed E-state index contributed by atoms with van der Waals surface area (Å²) < 4.78 is 7.01. The molecule has 0 radical (unpaired) electrons. The lowest BCUT2D eigenvalue weighted by Gasteiger charge is -2.04. The monoisotopic (exact) mass is 205 g/mol. The predicted octanol–water partition coefficient (Wildman–Crippen LogP) is 0.437. The Hall–Kier alpha value is -2.04. The molecule has 0 aliphatic heterocycles. The van der Waals surface area contributed by atoms with Gasteiger partial charge in [-0.15, -0.1) is 0 Å². The molecule has 0 spiro atoms. The Bertz CT molecular complexity index is 504. The highest BCUT2D eigenvalue weighted by Gasteiger charge is 2.06. The van der Waals surface area contributed by atoms with Crippen LogP contribution in [0.4, 0.5) is 0 Å². The maximum absolute atomic E-state index is 10.6. The highest BCUT2D eigenvalue weighted by Crippen LogP contribution is 2.24. The molecule has 5 nitrogen and oxygen atoms in total. The molecule has 1 amide bonds. The number of primary amides is 1. The Balaban J connectivity index is 2.38. The van der Waals surface area contributed by atoms with Crippen LogP contribution in [0.3, 0.4) is 0 Å². The van der Waals surface area contributed by atoms with Gasteiger partial charge in [-0.2, -0.15) is 5.10 Å². The van der Waals surface area contributed by atoms with Gasteiger partial charge in [0.2, 0.25) is 0 Å². The number of fused-ring (bicyclic) bond motifs is 1. The Morgan fingerprint density at radius 1 is 1.60 bits per heavy atom. The first-order chi connectivity index (χ1) is 7.18. The summed E-state index contributed by atoms with van der Waals surface area (Å²) in [6, 6.07) is 5.56. The summed E-state index contributed by atoms with van der Waals surface area (Å²) in [4.78, 5) is 10.6. The van der Waals surface area contributed by atoms with Crippen molar-refractivity contribution in [2.45, 2.75) is 0 Å². The van der Waals surface area contributed by atoms with Gasteiger partial charge < -0.3 is 10.5 Å². The molecule has 78 valence electrons. The molecule has 0 unspecified atom stereocenters. The van der Waals surface area contributed by atoms with Gasteiger partial charge in [0.05, 0.1) is 17.1 Å². The summed E-state index contributed by atoms with van der Waals surface area (Å²) in [6.45, 7) is -0.117. The largest absolute Gasteiger partial charge is 0.483 e. The quantitative estimate of drug-likeness (QED) is 0.790. The standard InChI is InChI=1S/C10H11N3O2/c1-13-8-3-2-4-9(7(8)5-12-13)15-6-10(11)14/h2-5H,6H2,1H3,(H2,11,14). The van der Waals surface area contributed by atoms with E-state index in [0.717, 1.165) is 10.9 Å². The van der Waals surface area contributed by atoms with Crippen molar-refractivity contribution in [2.75, 3.05) is 6.61 Å². The highest BCUT2D eigenvalue weighted by atomic mass is 16.5. The predicted molar refractivity (Wildman–Crippen MR) is 55.4 cm³/mol. The van der Waals surface area contributed by atoms with Crippen LogP contribution in [0.5, 0.6) is 5.75 Å². The average Bonchev–Trinajstić information content (AvgIpc) is 2.58. The number of benzene rings is 1. The molecule has 0 aliphatic carbocycles. The topological polar surface area (TPSA) is 70.1 Å². The van der Waals surface area contributed by atoms with E-state index in [4.69, 9.17) is 10.5 Å². The van der Waals surface area contributed by atoms with Gasteiger partial charge >= 0.3 is 0 Å². The highest BCUT2D eigenvalue weighted by molar-refractivity contribution is 5.85. The smallest absolute Gasteiger partial charge is 0.255 e. The number of nitrogens with two attached hydrogens (primary N) is 1. The lowest BCUT2D eigenvalue weighted by atomic mass is 10.2. The summed E-state index contributed by atoms with van der Waals surface area (Å²) in [5, 5.41) is 4.98. The molecule has 0 saturated carbocycles. The molecule has 2 aromatic rings. The first kappa shape index (κ1) is 9.51. The minimum Gasteiger partial charge on any atom is -0.483 e. The number of hydrogen-bond acceptors (Lipinski definition) is 3. The first-order valence-corrected chi connectivity index (χ1v) is 4.50. The van der Waals surface area contributed by atoms with Crippen molar-refractivity contribution >= 4 is 16.8 Å². The van der Waals surface area contributed by atoms with Crippen LogP contribution >= 0.6 is 0 Å². The van der Waals surface area contributed by atoms with Gasteiger partial charge in [0, 0.05) is 7.05 Å². The van der Waals surface area contributed by atoms with Crippen LogP contribution in [0, 0.1) is 0 Å². The number of aromatic nitrogens is 2. The fourth-order valence-electron chi connectivity index (χ4n) is 1.43. The molecule has 0 aliphatic rings. The molecular weight excluding hydrogens is 194 g/mol. The number of carbonyl (C=O) groups excluding carboxylic acids is 1. The Morgan fingerprint density at radius 2 is 2.40 bits per heavy atom. The van der Waals surface area contributed by atoms with Crippen LogP contribution in [-0.4, -0.2) is 22.3 Å². The summed E-state index contributed by atoms with van der Waals surface area (Å²) in [6.07, 6.45) is 1.70. The molecule has 1 aromatic carbocycles. The van der Waals surface area contributed by atoms with Gasteiger partial charge in [-0.1, -0.05) is 6.07 Å². The number of carbonyl (C=O) groups is 1. The van der Waals surface area contributed by atoms with E-state index in [9.17, 15) is 4.79 Å². The van der Waals surface area contributed by atoms with Crippen LogP contribution in [0.15, 0.2) is 24.4 Å². The molecule has 1 aromatic heterocycles. The van der Waals surface area contributed by atoms with Crippen LogP contribution in [0.1, 0.15) is 0 Å². The SMILES string of the molecule is Cn1ncc2c(OCC(N)=O)cccc21. The fraction of sp³-hybridized carbons (Fsp3) is 0.200. The van der Waals surface area contributed by atoms with Crippen molar-refractivity contribution in [3.63, 3.8) is 0 Å². The third-order valence-electron chi connectivity index (χ3n) is 2.12. The maximum atomic E-state index is 10.6. The van der Waals surface area contributed by atoms with Crippen molar-refractivity contribution in [1.82, 2.24) is 9.78 Å². The number of amides is 1. The van der Waals surface area contributed by atoms with Gasteiger partial charge in [0.1, 0.15) is 5.75 Å². The molecule has 0 fully saturated rings. The molecule has 0 saturated heterocycles. The summed E-state index contributed by atoms with van der Waals surface area (Å²) in [5.74, 6) is 0.135. The molecule has 0 atom stereocenters. The number of ether oxygens (including phenoxy) is 1.